The number of aryl methyl sites for hydroxylation is 1. The first-order valence-corrected chi connectivity index (χ1v) is 8.52. The molecule has 0 radical (unpaired) electrons. The number of carbonyl (C=O) groups excluding carboxylic acids is 1. The maximum atomic E-state index is 13.0. The van der Waals surface area contributed by atoms with Gasteiger partial charge in [-0.25, -0.2) is 0 Å². The lowest BCUT2D eigenvalue weighted by Crippen LogP contribution is -2.49. The van der Waals surface area contributed by atoms with Crippen LogP contribution in [-0.4, -0.2) is 22.1 Å². The summed E-state index contributed by atoms with van der Waals surface area (Å²) in [6, 6.07) is 9.15. The summed E-state index contributed by atoms with van der Waals surface area (Å²) in [7, 11) is 0. The summed E-state index contributed by atoms with van der Waals surface area (Å²) in [4.78, 5) is 13.0. The fourth-order valence-electron chi connectivity index (χ4n) is 3.37. The van der Waals surface area contributed by atoms with Gasteiger partial charge in [0.05, 0.1) is 5.57 Å². The number of aromatic nitrogens is 1. The number of aliphatic hydroxyl groups is 1. The number of aliphatic hydroxyl groups excluding tert-OH is 1. The Hall–Kier alpha value is -2.66. The maximum Gasteiger partial charge on any atom is 0.198 e. The molecule has 1 aliphatic rings. The van der Waals surface area contributed by atoms with E-state index in [2.05, 4.69) is 0 Å². The van der Waals surface area contributed by atoms with Crippen LogP contribution in [0, 0.1) is 12.1 Å². The van der Waals surface area contributed by atoms with Crippen LogP contribution >= 0.6 is 0 Å². The van der Waals surface area contributed by atoms with Gasteiger partial charge in [0, 0.05) is 12.1 Å². The molecule has 0 atom stereocenters. The molecule has 1 N–H and O–H groups in total. The average molecular weight is 353 g/mol. The van der Waals surface area contributed by atoms with Gasteiger partial charge in [-0.1, -0.05) is 12.1 Å². The van der Waals surface area contributed by atoms with Gasteiger partial charge in [-0.05, 0) is 62.9 Å². The van der Waals surface area contributed by atoms with Crippen LogP contribution < -0.4 is 4.73 Å². The van der Waals surface area contributed by atoms with E-state index in [1.807, 2.05) is 25.1 Å². The van der Waals surface area contributed by atoms with Crippen LogP contribution in [0.1, 0.15) is 38.8 Å². The SMILES string of the molecule is Cc1ccc(-c2cc[n+]([O-])cc2)cc1C1=C(O)C(C)(C)OC(C)(C)C1=O. The molecule has 0 saturated heterocycles. The Morgan fingerprint density at radius 1 is 1.00 bits per heavy atom. The molecule has 1 aromatic carbocycles. The quantitative estimate of drug-likeness (QED) is 0.660. The van der Waals surface area contributed by atoms with E-state index in [0.717, 1.165) is 21.4 Å². The lowest BCUT2D eigenvalue weighted by atomic mass is 9.81. The second-order valence-corrected chi connectivity index (χ2v) is 7.65. The van der Waals surface area contributed by atoms with Crippen LogP contribution in [0.3, 0.4) is 0 Å². The molecule has 0 unspecified atom stereocenters. The number of ether oxygens (including phenoxy) is 1. The molecule has 3 rings (SSSR count). The van der Waals surface area contributed by atoms with Gasteiger partial charge in [-0.2, -0.15) is 4.73 Å². The van der Waals surface area contributed by atoms with Gasteiger partial charge in [0.15, 0.2) is 18.2 Å². The number of ketones is 1. The third-order valence-electron chi connectivity index (χ3n) is 4.73. The zero-order valence-corrected chi connectivity index (χ0v) is 15.7. The summed E-state index contributed by atoms with van der Waals surface area (Å²) in [5.41, 5.74) is 1.57. The Bertz CT molecular complexity index is 908. The van der Waals surface area contributed by atoms with Gasteiger partial charge in [0.25, 0.3) is 0 Å². The minimum Gasteiger partial charge on any atom is -0.619 e. The number of nitrogens with zero attached hydrogens (tertiary/aromatic N) is 1. The third kappa shape index (κ3) is 2.99. The highest BCUT2D eigenvalue weighted by molar-refractivity contribution is 6.26. The van der Waals surface area contributed by atoms with Gasteiger partial charge in [-0.15, -0.1) is 0 Å². The van der Waals surface area contributed by atoms with Crippen LogP contribution in [0.25, 0.3) is 16.7 Å². The van der Waals surface area contributed by atoms with Crippen molar-refractivity contribution < 1.29 is 19.4 Å². The smallest absolute Gasteiger partial charge is 0.198 e. The van der Waals surface area contributed by atoms with E-state index in [1.165, 1.54) is 12.4 Å². The molecule has 0 spiro atoms. The highest BCUT2D eigenvalue weighted by Gasteiger charge is 2.47. The Labute approximate surface area is 153 Å². The molecule has 136 valence electrons. The van der Waals surface area contributed by atoms with Gasteiger partial charge in [0.2, 0.25) is 0 Å². The number of benzene rings is 1. The zero-order chi connectivity index (χ0) is 19.3. The first kappa shape index (κ1) is 18.1. The first-order chi connectivity index (χ1) is 12.0. The predicted octanol–water partition coefficient (Wildman–Crippen LogP) is 3.72. The average Bonchev–Trinajstić information content (AvgIpc) is 2.55. The van der Waals surface area contributed by atoms with Crippen molar-refractivity contribution in [3.63, 3.8) is 0 Å². The summed E-state index contributed by atoms with van der Waals surface area (Å²) in [6.07, 6.45) is 2.86. The zero-order valence-electron chi connectivity index (χ0n) is 15.7. The number of rotatable bonds is 2. The van der Waals surface area contributed by atoms with Crippen LogP contribution in [0.5, 0.6) is 0 Å². The van der Waals surface area contributed by atoms with E-state index in [9.17, 15) is 15.1 Å². The number of carbonyl (C=O) groups is 1. The Morgan fingerprint density at radius 3 is 2.23 bits per heavy atom. The highest BCUT2D eigenvalue weighted by Crippen LogP contribution is 2.41. The van der Waals surface area contributed by atoms with Crippen molar-refractivity contribution in [1.29, 1.82) is 0 Å². The summed E-state index contributed by atoms with van der Waals surface area (Å²) in [5.74, 6) is -0.312. The Kier molecular flexibility index (Phi) is 4.15. The van der Waals surface area contributed by atoms with Crippen molar-refractivity contribution in [2.24, 2.45) is 0 Å². The molecule has 0 fully saturated rings. The molecule has 2 heterocycles. The predicted molar refractivity (Wildman–Crippen MR) is 99.4 cm³/mol. The number of hydrogen-bond donors (Lipinski definition) is 1. The number of Topliss-reactive ketones (excluding diaryl/α,β-unsaturated/α-hetero) is 1. The van der Waals surface area contributed by atoms with E-state index >= 15 is 0 Å². The van der Waals surface area contributed by atoms with Crippen molar-refractivity contribution in [2.45, 2.75) is 45.8 Å². The molecule has 26 heavy (non-hydrogen) atoms. The topological polar surface area (TPSA) is 73.5 Å². The van der Waals surface area contributed by atoms with E-state index in [0.29, 0.717) is 11.1 Å². The second-order valence-electron chi connectivity index (χ2n) is 7.65. The summed E-state index contributed by atoms with van der Waals surface area (Å²) in [6.45, 7) is 8.83. The second kappa shape index (κ2) is 5.95. The van der Waals surface area contributed by atoms with Gasteiger partial charge in [-0.3, -0.25) is 4.79 Å². The molecule has 5 heteroatoms. The first-order valence-electron chi connectivity index (χ1n) is 8.52. The highest BCUT2D eigenvalue weighted by atomic mass is 16.5. The fourth-order valence-corrected chi connectivity index (χ4v) is 3.37. The lowest BCUT2D eigenvalue weighted by Gasteiger charge is -2.40. The minimum atomic E-state index is -1.03. The molecule has 1 aromatic heterocycles. The van der Waals surface area contributed by atoms with Crippen LogP contribution in [0.2, 0.25) is 0 Å². The molecule has 0 saturated carbocycles. The van der Waals surface area contributed by atoms with Gasteiger partial charge in [0.1, 0.15) is 17.0 Å². The van der Waals surface area contributed by atoms with Crippen LogP contribution in [0.4, 0.5) is 0 Å². The lowest BCUT2D eigenvalue weighted by molar-refractivity contribution is -0.605. The summed E-state index contributed by atoms with van der Waals surface area (Å²) in [5, 5.41) is 22.0. The summed E-state index contributed by atoms with van der Waals surface area (Å²) < 4.78 is 6.53. The van der Waals surface area contributed by atoms with Crippen LogP contribution in [0.15, 0.2) is 48.5 Å². The van der Waals surface area contributed by atoms with E-state index in [1.54, 1.807) is 39.8 Å². The van der Waals surface area contributed by atoms with Crippen molar-refractivity contribution in [2.75, 3.05) is 0 Å². The monoisotopic (exact) mass is 353 g/mol. The van der Waals surface area contributed by atoms with E-state index < -0.39 is 11.2 Å². The van der Waals surface area contributed by atoms with Gasteiger partial charge < -0.3 is 15.1 Å². The molecular weight excluding hydrogens is 330 g/mol. The minimum absolute atomic E-state index is 0.0625. The molecule has 5 nitrogen and oxygen atoms in total. The molecule has 0 aliphatic carbocycles. The molecule has 0 amide bonds. The van der Waals surface area contributed by atoms with E-state index in [-0.39, 0.29) is 11.5 Å². The maximum absolute atomic E-state index is 13.0. The third-order valence-corrected chi connectivity index (χ3v) is 4.73. The summed E-state index contributed by atoms with van der Waals surface area (Å²) >= 11 is 0. The number of hydrogen-bond acceptors (Lipinski definition) is 4. The van der Waals surface area contributed by atoms with Gasteiger partial charge >= 0.3 is 0 Å². The fraction of sp³-hybridized carbons (Fsp3) is 0.333. The van der Waals surface area contributed by atoms with Crippen LogP contribution in [-0.2, 0) is 9.53 Å². The van der Waals surface area contributed by atoms with Crippen molar-refractivity contribution in [3.8, 4) is 11.1 Å². The standard InChI is InChI=1S/C21H23NO4/c1-13-6-7-15(14-8-10-22(25)11-9-14)12-16(13)17-18(23)20(2,3)26-21(4,5)19(17)24/h6-12,23H,1-5H3. The normalized spacial score (nSPS) is 18.9. The molecule has 0 bridgehead atoms. The van der Waals surface area contributed by atoms with Crippen molar-refractivity contribution in [1.82, 2.24) is 0 Å². The van der Waals surface area contributed by atoms with Crippen molar-refractivity contribution >= 4 is 11.4 Å². The molecular formula is C21H23NO4. The largest absolute Gasteiger partial charge is 0.619 e. The van der Waals surface area contributed by atoms with Crippen molar-refractivity contribution in [3.05, 3.63) is 64.8 Å². The molecule has 2 aromatic rings. The molecule has 1 aliphatic heterocycles. The Morgan fingerprint density at radius 2 is 1.62 bits per heavy atom. The number of pyridine rings is 1. The Balaban J connectivity index is 2.21. The van der Waals surface area contributed by atoms with E-state index in [4.69, 9.17) is 4.74 Å².